The van der Waals surface area contributed by atoms with Gasteiger partial charge in [0.15, 0.2) is 11.5 Å². The van der Waals surface area contributed by atoms with Gasteiger partial charge in [0.2, 0.25) is 5.91 Å². The van der Waals surface area contributed by atoms with E-state index in [1.54, 1.807) is 14.2 Å². The van der Waals surface area contributed by atoms with E-state index in [1.807, 2.05) is 18.2 Å². The van der Waals surface area contributed by atoms with Crippen molar-refractivity contribution in [3.8, 4) is 11.5 Å². The molecule has 0 unspecified atom stereocenters. The molecule has 24 heavy (non-hydrogen) atoms. The van der Waals surface area contributed by atoms with Crippen LogP contribution in [-0.4, -0.2) is 32.7 Å². The Kier molecular flexibility index (Phi) is 7.89. The number of nitrogens with one attached hydrogen (secondary N) is 2. The molecular formula is C19H30N2O3. The smallest absolute Gasteiger partial charge is 0.221 e. The molecule has 2 rings (SSSR count). The highest BCUT2D eigenvalue weighted by Crippen LogP contribution is 2.27. The van der Waals surface area contributed by atoms with E-state index in [9.17, 15) is 4.79 Å². The van der Waals surface area contributed by atoms with Gasteiger partial charge in [-0.25, -0.2) is 0 Å². The Morgan fingerprint density at radius 3 is 2.46 bits per heavy atom. The average Bonchev–Trinajstić information content (AvgIpc) is 2.87. The lowest BCUT2D eigenvalue weighted by atomic mass is 10.1. The van der Waals surface area contributed by atoms with Crippen LogP contribution in [0, 0.1) is 0 Å². The summed E-state index contributed by atoms with van der Waals surface area (Å²) in [5.74, 6) is 1.61. The molecule has 1 aromatic rings. The first-order valence-corrected chi connectivity index (χ1v) is 8.94. The number of hydrogen-bond donors (Lipinski definition) is 2. The third kappa shape index (κ3) is 6.04. The van der Waals surface area contributed by atoms with E-state index in [-0.39, 0.29) is 5.91 Å². The molecule has 134 valence electrons. The van der Waals surface area contributed by atoms with Crippen molar-refractivity contribution in [3.63, 3.8) is 0 Å². The normalized spacial score (nSPS) is 15.6. The standard InChI is InChI=1S/C19H30N2O3/c1-23-17-10-9-15(13-18(17)24-2)14-20-12-11-19(22)21-16-7-5-3-4-6-8-16/h9-10,13,16,20H,3-8,11-12,14H2,1-2H3,(H,21,22). The van der Waals surface area contributed by atoms with E-state index in [1.165, 1.54) is 25.7 Å². The van der Waals surface area contributed by atoms with Gasteiger partial charge in [-0.2, -0.15) is 0 Å². The van der Waals surface area contributed by atoms with Crippen LogP contribution in [0.5, 0.6) is 11.5 Å². The molecule has 5 heteroatoms. The highest BCUT2D eigenvalue weighted by molar-refractivity contribution is 5.76. The molecule has 0 radical (unpaired) electrons. The second kappa shape index (κ2) is 10.2. The molecule has 5 nitrogen and oxygen atoms in total. The van der Waals surface area contributed by atoms with Crippen molar-refractivity contribution >= 4 is 5.91 Å². The van der Waals surface area contributed by atoms with Crippen LogP contribution in [0.15, 0.2) is 18.2 Å². The van der Waals surface area contributed by atoms with Gasteiger partial charge in [0.25, 0.3) is 0 Å². The number of hydrogen-bond acceptors (Lipinski definition) is 4. The van der Waals surface area contributed by atoms with Gasteiger partial charge in [0.05, 0.1) is 14.2 Å². The van der Waals surface area contributed by atoms with Gasteiger partial charge >= 0.3 is 0 Å². The van der Waals surface area contributed by atoms with E-state index in [0.29, 0.717) is 25.6 Å². The highest BCUT2D eigenvalue weighted by Gasteiger charge is 2.14. The molecular weight excluding hydrogens is 304 g/mol. The van der Waals surface area contributed by atoms with Crippen LogP contribution in [0.1, 0.15) is 50.5 Å². The summed E-state index contributed by atoms with van der Waals surface area (Å²) < 4.78 is 10.5. The molecule has 0 spiro atoms. The molecule has 1 aliphatic rings. The Morgan fingerprint density at radius 1 is 1.08 bits per heavy atom. The first-order chi connectivity index (χ1) is 11.7. The van der Waals surface area contributed by atoms with Crippen LogP contribution in [0.4, 0.5) is 0 Å². The molecule has 0 saturated heterocycles. The summed E-state index contributed by atoms with van der Waals surface area (Å²) >= 11 is 0. The third-order valence-corrected chi connectivity index (χ3v) is 4.53. The number of carbonyl (C=O) groups excluding carboxylic acids is 1. The largest absolute Gasteiger partial charge is 0.493 e. The third-order valence-electron chi connectivity index (χ3n) is 4.53. The number of methoxy groups -OCH3 is 2. The summed E-state index contributed by atoms with van der Waals surface area (Å²) in [6.45, 7) is 1.38. The Labute approximate surface area is 145 Å². The van der Waals surface area contributed by atoms with Gasteiger partial charge in [-0.05, 0) is 30.5 Å². The van der Waals surface area contributed by atoms with Crippen molar-refractivity contribution in [2.24, 2.45) is 0 Å². The van der Waals surface area contributed by atoms with E-state index in [0.717, 1.165) is 29.9 Å². The molecule has 2 N–H and O–H groups in total. The summed E-state index contributed by atoms with van der Waals surface area (Å²) in [4.78, 5) is 12.0. The number of amides is 1. The van der Waals surface area contributed by atoms with Crippen molar-refractivity contribution in [2.45, 2.75) is 57.5 Å². The van der Waals surface area contributed by atoms with Gasteiger partial charge in [0, 0.05) is 25.6 Å². The highest BCUT2D eigenvalue weighted by atomic mass is 16.5. The molecule has 0 aliphatic heterocycles. The number of ether oxygens (including phenoxy) is 2. The summed E-state index contributed by atoms with van der Waals surface area (Å²) in [6, 6.07) is 6.23. The van der Waals surface area contributed by atoms with Crippen molar-refractivity contribution in [1.29, 1.82) is 0 Å². The maximum Gasteiger partial charge on any atom is 0.221 e. The lowest BCUT2D eigenvalue weighted by molar-refractivity contribution is -0.121. The predicted octanol–water partition coefficient (Wildman–Crippen LogP) is 3.02. The molecule has 1 saturated carbocycles. The fourth-order valence-corrected chi connectivity index (χ4v) is 3.15. The number of rotatable bonds is 8. The quantitative estimate of drug-likeness (QED) is 0.567. The maximum absolute atomic E-state index is 12.0. The first-order valence-electron chi connectivity index (χ1n) is 8.94. The molecule has 0 atom stereocenters. The minimum Gasteiger partial charge on any atom is -0.493 e. The van der Waals surface area contributed by atoms with Gasteiger partial charge in [0.1, 0.15) is 0 Å². The zero-order valence-electron chi connectivity index (χ0n) is 14.9. The van der Waals surface area contributed by atoms with Crippen LogP contribution < -0.4 is 20.1 Å². The van der Waals surface area contributed by atoms with Gasteiger partial charge < -0.3 is 20.1 Å². The Morgan fingerprint density at radius 2 is 1.79 bits per heavy atom. The second-order valence-corrected chi connectivity index (χ2v) is 6.37. The van der Waals surface area contributed by atoms with E-state index >= 15 is 0 Å². The summed E-state index contributed by atoms with van der Waals surface area (Å²) in [7, 11) is 3.26. The SMILES string of the molecule is COc1ccc(CNCCC(=O)NC2CCCCCC2)cc1OC. The van der Waals surface area contributed by atoms with Crippen LogP contribution in [0.25, 0.3) is 0 Å². The fraction of sp³-hybridized carbons (Fsp3) is 0.632. The Balaban J connectivity index is 1.67. The average molecular weight is 334 g/mol. The molecule has 1 aromatic carbocycles. The summed E-state index contributed by atoms with van der Waals surface area (Å²) in [5, 5.41) is 6.49. The van der Waals surface area contributed by atoms with Gasteiger partial charge in [-0.3, -0.25) is 4.79 Å². The number of benzene rings is 1. The predicted molar refractivity (Wildman–Crippen MR) is 95.5 cm³/mol. The molecule has 1 fully saturated rings. The zero-order chi connectivity index (χ0) is 17.2. The van der Waals surface area contributed by atoms with E-state index in [4.69, 9.17) is 9.47 Å². The van der Waals surface area contributed by atoms with Crippen molar-refractivity contribution in [3.05, 3.63) is 23.8 Å². The van der Waals surface area contributed by atoms with Crippen LogP contribution in [0.3, 0.4) is 0 Å². The topological polar surface area (TPSA) is 59.6 Å². The maximum atomic E-state index is 12.0. The lowest BCUT2D eigenvalue weighted by Gasteiger charge is -2.16. The molecule has 1 amide bonds. The minimum atomic E-state index is 0.154. The number of carbonyl (C=O) groups is 1. The lowest BCUT2D eigenvalue weighted by Crippen LogP contribution is -2.35. The second-order valence-electron chi connectivity index (χ2n) is 6.37. The van der Waals surface area contributed by atoms with Crippen LogP contribution in [0.2, 0.25) is 0 Å². The van der Waals surface area contributed by atoms with E-state index in [2.05, 4.69) is 10.6 Å². The summed E-state index contributed by atoms with van der Waals surface area (Å²) in [6.07, 6.45) is 7.86. The minimum absolute atomic E-state index is 0.154. The Bertz CT molecular complexity index is 511. The van der Waals surface area contributed by atoms with Gasteiger partial charge in [-0.15, -0.1) is 0 Å². The van der Waals surface area contributed by atoms with Crippen molar-refractivity contribution in [2.75, 3.05) is 20.8 Å². The monoisotopic (exact) mass is 334 g/mol. The molecule has 0 aromatic heterocycles. The fourth-order valence-electron chi connectivity index (χ4n) is 3.15. The van der Waals surface area contributed by atoms with Crippen LogP contribution in [-0.2, 0) is 11.3 Å². The summed E-state index contributed by atoms with van der Waals surface area (Å²) in [5.41, 5.74) is 1.11. The molecule has 1 aliphatic carbocycles. The van der Waals surface area contributed by atoms with Crippen molar-refractivity contribution in [1.82, 2.24) is 10.6 Å². The van der Waals surface area contributed by atoms with Crippen molar-refractivity contribution < 1.29 is 14.3 Å². The zero-order valence-corrected chi connectivity index (χ0v) is 14.9. The molecule has 0 heterocycles. The van der Waals surface area contributed by atoms with Gasteiger partial charge in [-0.1, -0.05) is 31.7 Å². The van der Waals surface area contributed by atoms with Crippen LogP contribution >= 0.6 is 0 Å². The molecule has 0 bridgehead atoms. The Hall–Kier alpha value is -1.75. The first kappa shape index (κ1) is 18.6. The van der Waals surface area contributed by atoms with E-state index < -0.39 is 0 Å².